The van der Waals surface area contributed by atoms with E-state index in [1.807, 2.05) is 66.7 Å². The fourth-order valence-electron chi connectivity index (χ4n) is 1.37. The van der Waals surface area contributed by atoms with Gasteiger partial charge in [0.05, 0.1) is 12.5 Å². The Morgan fingerprint density at radius 3 is 1.76 bits per heavy atom. The minimum Gasteiger partial charge on any atom is -0.270 e. The van der Waals surface area contributed by atoms with E-state index in [-0.39, 0.29) is 0 Å². The molecule has 0 atom stereocenters. The van der Waals surface area contributed by atoms with Crippen LogP contribution in [-0.2, 0) is 14.3 Å². The van der Waals surface area contributed by atoms with Gasteiger partial charge in [0.25, 0.3) is 10.1 Å². The predicted molar refractivity (Wildman–Crippen MR) is 87.9 cm³/mol. The summed E-state index contributed by atoms with van der Waals surface area (Å²) < 4.78 is 26.0. The van der Waals surface area contributed by atoms with Crippen molar-refractivity contribution in [2.75, 3.05) is 7.11 Å². The molecule has 4 heteroatoms. The summed E-state index contributed by atoms with van der Waals surface area (Å²) in [6.45, 7) is 3.63. The molecule has 0 radical (unpaired) electrons. The largest absolute Gasteiger partial charge is 0.289 e. The Balaban J connectivity index is 0.000000235. The van der Waals surface area contributed by atoms with Crippen molar-refractivity contribution in [3.05, 3.63) is 83.8 Å². The smallest absolute Gasteiger partial charge is 0.270 e. The van der Waals surface area contributed by atoms with Crippen LogP contribution in [0.1, 0.15) is 11.1 Å². The van der Waals surface area contributed by atoms with Gasteiger partial charge in [-0.3, -0.25) is 4.18 Å². The molecule has 0 fully saturated rings. The summed E-state index contributed by atoms with van der Waals surface area (Å²) in [7, 11) is -2.37. The highest BCUT2D eigenvalue weighted by Gasteiger charge is 1.99. The Bertz CT molecular complexity index is 660. The molecule has 110 valence electrons. The van der Waals surface area contributed by atoms with Crippen LogP contribution in [0.4, 0.5) is 0 Å². The monoisotopic (exact) mass is 302 g/mol. The topological polar surface area (TPSA) is 43.4 Å². The molecule has 0 bridgehead atoms. The summed E-state index contributed by atoms with van der Waals surface area (Å²) in [5.41, 5.74) is 2.00. The maximum atomic E-state index is 10.9. The van der Waals surface area contributed by atoms with Crippen molar-refractivity contribution >= 4 is 22.3 Å². The van der Waals surface area contributed by atoms with E-state index in [2.05, 4.69) is 10.8 Å². The summed E-state index contributed by atoms with van der Waals surface area (Å²) in [6, 6.07) is 19.2. The van der Waals surface area contributed by atoms with Crippen LogP contribution >= 0.6 is 0 Å². The van der Waals surface area contributed by atoms with Gasteiger partial charge < -0.3 is 0 Å². The Hall–Kier alpha value is -2.17. The van der Waals surface area contributed by atoms with Crippen molar-refractivity contribution in [2.45, 2.75) is 0 Å². The Morgan fingerprint density at radius 2 is 1.38 bits per heavy atom. The van der Waals surface area contributed by atoms with Gasteiger partial charge in [0, 0.05) is 0 Å². The lowest BCUT2D eigenvalue weighted by Crippen LogP contribution is -1.95. The van der Waals surface area contributed by atoms with Gasteiger partial charge in [-0.15, -0.1) is 0 Å². The van der Waals surface area contributed by atoms with Crippen molar-refractivity contribution in [1.29, 1.82) is 0 Å². The van der Waals surface area contributed by atoms with Crippen molar-refractivity contribution in [2.24, 2.45) is 0 Å². The van der Waals surface area contributed by atoms with Crippen LogP contribution in [0.25, 0.3) is 12.2 Å². The zero-order chi connectivity index (χ0) is 15.6. The molecule has 0 saturated heterocycles. The lowest BCUT2D eigenvalue weighted by Gasteiger charge is -1.92. The molecule has 0 aromatic heterocycles. The number of hydrogen-bond donors (Lipinski definition) is 0. The molecule has 0 heterocycles. The first-order chi connectivity index (χ1) is 10.1. The summed E-state index contributed by atoms with van der Waals surface area (Å²) >= 11 is 0. The molecule has 0 aliphatic rings. The molecule has 2 aromatic carbocycles. The molecule has 2 rings (SSSR count). The van der Waals surface area contributed by atoms with E-state index in [4.69, 9.17) is 0 Å². The molecule has 21 heavy (non-hydrogen) atoms. The summed E-state index contributed by atoms with van der Waals surface area (Å²) in [4.78, 5) is 0. The first-order valence-electron chi connectivity index (χ1n) is 6.28. The third kappa shape index (κ3) is 7.25. The summed E-state index contributed by atoms with van der Waals surface area (Å²) in [5.74, 6) is 0. The minimum absolute atomic E-state index is 0.822. The van der Waals surface area contributed by atoms with Gasteiger partial charge in [-0.1, -0.05) is 73.3 Å². The van der Waals surface area contributed by atoms with Crippen LogP contribution in [0.15, 0.2) is 72.7 Å². The maximum Gasteiger partial charge on any atom is 0.289 e. The summed E-state index contributed by atoms with van der Waals surface area (Å²) in [5, 5.41) is 1.03. The van der Waals surface area contributed by atoms with Gasteiger partial charge in [-0.2, -0.15) is 8.42 Å². The van der Waals surface area contributed by atoms with Gasteiger partial charge in [-0.25, -0.2) is 0 Å². The summed E-state index contributed by atoms with van der Waals surface area (Å²) in [6.07, 6.45) is 3.32. The second-order valence-electron chi connectivity index (χ2n) is 3.99. The lowest BCUT2D eigenvalue weighted by atomic mass is 10.2. The van der Waals surface area contributed by atoms with Crippen LogP contribution in [0.2, 0.25) is 0 Å². The number of rotatable bonds is 4. The van der Waals surface area contributed by atoms with Crippen LogP contribution in [0.5, 0.6) is 0 Å². The van der Waals surface area contributed by atoms with E-state index in [1.54, 1.807) is 0 Å². The molecule has 0 amide bonds. The van der Waals surface area contributed by atoms with Crippen LogP contribution in [0, 0.1) is 0 Å². The average molecular weight is 302 g/mol. The third-order valence-corrected chi connectivity index (χ3v) is 3.43. The molecule has 0 aliphatic heterocycles. The Labute approximate surface area is 126 Å². The number of hydrogen-bond acceptors (Lipinski definition) is 3. The molecule has 0 N–H and O–H groups in total. The van der Waals surface area contributed by atoms with Crippen LogP contribution < -0.4 is 0 Å². The lowest BCUT2D eigenvalue weighted by molar-refractivity contribution is 0.406. The van der Waals surface area contributed by atoms with Crippen LogP contribution in [0.3, 0.4) is 0 Å². The molecule has 0 unspecified atom stereocenters. The van der Waals surface area contributed by atoms with Crippen LogP contribution in [-0.4, -0.2) is 15.5 Å². The molecular formula is C17H18O3S. The minimum atomic E-state index is -3.50. The van der Waals surface area contributed by atoms with E-state index >= 15 is 0 Å². The average Bonchev–Trinajstić information content (AvgIpc) is 2.55. The molecular weight excluding hydrogens is 284 g/mol. The second kappa shape index (κ2) is 8.89. The quantitative estimate of drug-likeness (QED) is 0.803. The van der Waals surface area contributed by atoms with Gasteiger partial charge in [0.1, 0.15) is 0 Å². The zero-order valence-electron chi connectivity index (χ0n) is 11.8. The second-order valence-corrected chi connectivity index (χ2v) is 5.58. The van der Waals surface area contributed by atoms with E-state index in [0.29, 0.717) is 0 Å². The van der Waals surface area contributed by atoms with Gasteiger partial charge in [-0.05, 0) is 17.2 Å². The standard InChI is InChI=1S/C9H10O3S.C8H8/c1-12-13(10,11)8-7-9-5-3-2-4-6-9;1-2-8-6-4-3-5-7-8/h2-8H,1H3;2-7H,1H2. The van der Waals surface area contributed by atoms with Crippen molar-refractivity contribution in [3.8, 4) is 0 Å². The highest BCUT2D eigenvalue weighted by Crippen LogP contribution is 2.03. The normalized spacial score (nSPS) is 10.7. The fourth-order valence-corrected chi connectivity index (χ4v) is 1.81. The zero-order valence-corrected chi connectivity index (χ0v) is 12.7. The first-order valence-corrected chi connectivity index (χ1v) is 7.76. The SMILES string of the molecule is C=Cc1ccccc1.COS(=O)(=O)C=Cc1ccccc1. The van der Waals surface area contributed by atoms with Gasteiger partial charge in [0.15, 0.2) is 0 Å². The van der Waals surface area contributed by atoms with E-state index < -0.39 is 10.1 Å². The van der Waals surface area contributed by atoms with E-state index in [1.165, 1.54) is 11.6 Å². The van der Waals surface area contributed by atoms with Crippen molar-refractivity contribution in [1.82, 2.24) is 0 Å². The molecule has 0 spiro atoms. The molecule has 0 saturated carbocycles. The first kappa shape index (κ1) is 16.9. The number of benzene rings is 2. The third-order valence-electron chi connectivity index (χ3n) is 2.49. The van der Waals surface area contributed by atoms with Gasteiger partial charge >= 0.3 is 0 Å². The Morgan fingerprint density at radius 1 is 0.905 bits per heavy atom. The van der Waals surface area contributed by atoms with Crippen molar-refractivity contribution in [3.63, 3.8) is 0 Å². The van der Waals surface area contributed by atoms with Crippen molar-refractivity contribution < 1.29 is 12.6 Å². The molecule has 2 aromatic rings. The maximum absolute atomic E-state index is 10.9. The highest BCUT2D eigenvalue weighted by molar-refractivity contribution is 7.89. The molecule has 0 aliphatic carbocycles. The Kier molecular flexibility index (Phi) is 7.15. The van der Waals surface area contributed by atoms with E-state index in [0.717, 1.165) is 18.1 Å². The van der Waals surface area contributed by atoms with Gasteiger partial charge in [0.2, 0.25) is 0 Å². The van der Waals surface area contributed by atoms with E-state index in [9.17, 15) is 8.42 Å². The molecule has 3 nitrogen and oxygen atoms in total. The predicted octanol–water partition coefficient (Wildman–Crippen LogP) is 3.96. The highest BCUT2D eigenvalue weighted by atomic mass is 32.2. The fraction of sp³-hybridized carbons (Fsp3) is 0.0588.